The molecule has 1 aliphatic rings. The number of hydrogen-bond donors (Lipinski definition) is 1. The van der Waals surface area contributed by atoms with Crippen LogP contribution in [0.25, 0.3) is 0 Å². The molecule has 5 heteroatoms. The van der Waals surface area contributed by atoms with Crippen LogP contribution >= 0.6 is 0 Å². The lowest BCUT2D eigenvalue weighted by Crippen LogP contribution is -2.37. The minimum Gasteiger partial charge on any atom is -0.464 e. The quantitative estimate of drug-likeness (QED) is 0.888. The molecule has 3 rings (SSSR count). The summed E-state index contributed by atoms with van der Waals surface area (Å²) in [6, 6.07) is 8.41. The molecule has 0 aromatic carbocycles. The molecule has 2 aromatic heterocycles. The maximum absolute atomic E-state index is 5.82. The second-order valence-electron chi connectivity index (χ2n) is 5.85. The molecule has 0 saturated carbocycles. The summed E-state index contributed by atoms with van der Waals surface area (Å²) in [6.45, 7) is 8.34. The van der Waals surface area contributed by atoms with Crippen molar-refractivity contribution < 1.29 is 9.15 Å². The predicted molar refractivity (Wildman–Crippen MR) is 90.6 cm³/mol. The number of aromatic nitrogens is 1. The molecule has 0 amide bonds. The zero-order valence-corrected chi connectivity index (χ0v) is 13.9. The second kappa shape index (κ2) is 7.62. The number of anilines is 1. The van der Waals surface area contributed by atoms with E-state index in [4.69, 9.17) is 9.15 Å². The topological polar surface area (TPSA) is 50.5 Å². The summed E-state index contributed by atoms with van der Waals surface area (Å²) in [5.74, 6) is 3.08. The van der Waals surface area contributed by atoms with Gasteiger partial charge in [-0.2, -0.15) is 0 Å². The van der Waals surface area contributed by atoms with Crippen molar-refractivity contribution in [1.82, 2.24) is 10.3 Å². The van der Waals surface area contributed by atoms with Crippen LogP contribution in [0.3, 0.4) is 0 Å². The Bertz CT molecular complexity index is 620. The molecule has 2 aromatic rings. The van der Waals surface area contributed by atoms with Crippen molar-refractivity contribution in [2.24, 2.45) is 0 Å². The molecule has 1 aliphatic heterocycles. The van der Waals surface area contributed by atoms with Crippen molar-refractivity contribution in [3.63, 3.8) is 0 Å². The van der Waals surface area contributed by atoms with Crippen molar-refractivity contribution in [3.05, 3.63) is 47.5 Å². The molecule has 23 heavy (non-hydrogen) atoms. The Morgan fingerprint density at radius 2 is 2.09 bits per heavy atom. The summed E-state index contributed by atoms with van der Waals surface area (Å²) in [5, 5.41) is 3.54. The lowest BCUT2D eigenvalue weighted by Gasteiger charge is -2.29. The van der Waals surface area contributed by atoms with E-state index in [0.29, 0.717) is 0 Å². The monoisotopic (exact) mass is 315 g/mol. The van der Waals surface area contributed by atoms with Gasteiger partial charge in [-0.15, -0.1) is 0 Å². The Kier molecular flexibility index (Phi) is 5.31. The molecule has 0 aliphatic carbocycles. The van der Waals surface area contributed by atoms with Gasteiger partial charge in [0.25, 0.3) is 0 Å². The third-order valence-corrected chi connectivity index (χ3v) is 4.23. The minimum atomic E-state index is 0.174. The highest BCUT2D eigenvalue weighted by atomic mass is 16.5. The SMILES string of the molecule is CCc1ccc([C@@H](C)NCc2cccnc2N2CCOCC2)o1. The summed E-state index contributed by atoms with van der Waals surface area (Å²) < 4.78 is 11.3. The molecular formula is C18H25N3O2. The highest BCUT2D eigenvalue weighted by Gasteiger charge is 2.17. The van der Waals surface area contributed by atoms with Gasteiger partial charge >= 0.3 is 0 Å². The minimum absolute atomic E-state index is 0.174. The van der Waals surface area contributed by atoms with Crippen LogP contribution in [-0.4, -0.2) is 31.3 Å². The van der Waals surface area contributed by atoms with E-state index in [9.17, 15) is 0 Å². The van der Waals surface area contributed by atoms with E-state index in [-0.39, 0.29) is 6.04 Å². The molecule has 1 N–H and O–H groups in total. The molecule has 1 saturated heterocycles. The number of aryl methyl sites for hydroxylation is 1. The van der Waals surface area contributed by atoms with Gasteiger partial charge in [0.2, 0.25) is 0 Å². The highest BCUT2D eigenvalue weighted by molar-refractivity contribution is 5.47. The number of hydrogen-bond acceptors (Lipinski definition) is 5. The number of nitrogens with zero attached hydrogens (tertiary/aromatic N) is 2. The summed E-state index contributed by atoms with van der Waals surface area (Å²) >= 11 is 0. The molecule has 0 unspecified atom stereocenters. The molecule has 124 valence electrons. The van der Waals surface area contributed by atoms with E-state index in [2.05, 4.69) is 47.2 Å². The van der Waals surface area contributed by atoms with Crippen molar-refractivity contribution in [1.29, 1.82) is 0 Å². The Morgan fingerprint density at radius 1 is 1.26 bits per heavy atom. The van der Waals surface area contributed by atoms with Gasteiger partial charge in [-0.25, -0.2) is 4.98 Å². The number of morpholine rings is 1. The Labute approximate surface area is 137 Å². The first-order valence-electron chi connectivity index (χ1n) is 8.36. The van der Waals surface area contributed by atoms with Crippen molar-refractivity contribution in [3.8, 4) is 0 Å². The normalized spacial score (nSPS) is 16.5. The number of nitrogens with one attached hydrogen (secondary N) is 1. The average Bonchev–Trinajstić information content (AvgIpc) is 3.10. The average molecular weight is 315 g/mol. The Morgan fingerprint density at radius 3 is 2.83 bits per heavy atom. The summed E-state index contributed by atoms with van der Waals surface area (Å²) in [6.07, 6.45) is 2.79. The van der Waals surface area contributed by atoms with Gasteiger partial charge in [-0.05, 0) is 25.1 Å². The van der Waals surface area contributed by atoms with Crippen molar-refractivity contribution in [2.75, 3.05) is 31.2 Å². The fourth-order valence-electron chi connectivity index (χ4n) is 2.81. The van der Waals surface area contributed by atoms with E-state index in [1.165, 1.54) is 5.56 Å². The van der Waals surface area contributed by atoms with Gasteiger partial charge in [0.15, 0.2) is 0 Å². The first-order valence-corrected chi connectivity index (χ1v) is 8.36. The number of furan rings is 1. The molecule has 0 spiro atoms. The van der Waals surface area contributed by atoms with Crippen molar-refractivity contribution in [2.45, 2.75) is 32.9 Å². The third kappa shape index (κ3) is 3.92. The summed E-state index contributed by atoms with van der Waals surface area (Å²) in [4.78, 5) is 6.88. The standard InChI is InChI=1S/C18H25N3O2/c1-3-16-6-7-17(23-16)14(2)20-13-15-5-4-8-19-18(15)21-9-11-22-12-10-21/h4-8,14,20H,3,9-13H2,1-2H3/t14-/m1/s1. The maximum atomic E-state index is 5.82. The van der Waals surface area contributed by atoms with E-state index in [1.807, 2.05) is 12.3 Å². The number of pyridine rings is 1. The smallest absolute Gasteiger partial charge is 0.133 e. The number of rotatable bonds is 6. The third-order valence-electron chi connectivity index (χ3n) is 4.23. The van der Waals surface area contributed by atoms with Crippen LogP contribution in [0.4, 0.5) is 5.82 Å². The van der Waals surface area contributed by atoms with Crippen LogP contribution < -0.4 is 10.2 Å². The predicted octanol–water partition coefficient (Wildman–Crippen LogP) is 2.92. The van der Waals surface area contributed by atoms with Crippen LogP contribution in [0, 0.1) is 0 Å². The molecular weight excluding hydrogens is 290 g/mol. The zero-order chi connectivity index (χ0) is 16.1. The van der Waals surface area contributed by atoms with Gasteiger partial charge in [0.05, 0.1) is 19.3 Å². The van der Waals surface area contributed by atoms with E-state index in [0.717, 1.165) is 56.6 Å². The molecule has 0 bridgehead atoms. The van der Waals surface area contributed by atoms with Crippen LogP contribution in [-0.2, 0) is 17.7 Å². The lowest BCUT2D eigenvalue weighted by molar-refractivity contribution is 0.122. The highest BCUT2D eigenvalue weighted by Crippen LogP contribution is 2.21. The zero-order valence-electron chi connectivity index (χ0n) is 13.9. The van der Waals surface area contributed by atoms with Gasteiger partial charge in [-0.1, -0.05) is 13.0 Å². The summed E-state index contributed by atoms with van der Waals surface area (Å²) in [5.41, 5.74) is 1.21. The first-order chi connectivity index (χ1) is 11.3. The van der Waals surface area contributed by atoms with Crippen LogP contribution in [0.5, 0.6) is 0 Å². The maximum Gasteiger partial charge on any atom is 0.133 e. The summed E-state index contributed by atoms with van der Waals surface area (Å²) in [7, 11) is 0. The second-order valence-corrected chi connectivity index (χ2v) is 5.85. The molecule has 0 radical (unpaired) electrons. The van der Waals surface area contributed by atoms with E-state index >= 15 is 0 Å². The Balaban J connectivity index is 1.65. The molecule has 1 fully saturated rings. The fraction of sp³-hybridized carbons (Fsp3) is 0.500. The van der Waals surface area contributed by atoms with Gasteiger partial charge in [0, 0.05) is 37.8 Å². The number of ether oxygens (including phenoxy) is 1. The van der Waals surface area contributed by atoms with Gasteiger partial charge in [-0.3, -0.25) is 0 Å². The van der Waals surface area contributed by atoms with E-state index < -0.39 is 0 Å². The van der Waals surface area contributed by atoms with Gasteiger partial charge < -0.3 is 19.4 Å². The molecule has 3 heterocycles. The molecule has 1 atom stereocenters. The van der Waals surface area contributed by atoms with Crippen molar-refractivity contribution >= 4 is 5.82 Å². The fourth-order valence-corrected chi connectivity index (χ4v) is 2.81. The van der Waals surface area contributed by atoms with Crippen LogP contribution in [0.1, 0.15) is 37.0 Å². The molecule has 5 nitrogen and oxygen atoms in total. The lowest BCUT2D eigenvalue weighted by atomic mass is 10.2. The van der Waals surface area contributed by atoms with Crippen LogP contribution in [0.2, 0.25) is 0 Å². The first kappa shape index (κ1) is 16.0. The van der Waals surface area contributed by atoms with E-state index in [1.54, 1.807) is 0 Å². The largest absolute Gasteiger partial charge is 0.464 e. The van der Waals surface area contributed by atoms with Crippen LogP contribution in [0.15, 0.2) is 34.9 Å². The van der Waals surface area contributed by atoms with Gasteiger partial charge in [0.1, 0.15) is 17.3 Å². The Hall–Kier alpha value is -1.85.